The normalized spacial score (nSPS) is 33.0. The van der Waals surface area contributed by atoms with Crippen molar-refractivity contribution in [1.29, 1.82) is 0 Å². The van der Waals surface area contributed by atoms with Crippen LogP contribution in [-0.2, 0) is 9.53 Å². The number of likely N-dealkylation sites (tertiary alicyclic amines) is 1. The summed E-state index contributed by atoms with van der Waals surface area (Å²) in [5, 5.41) is 3.85. The third kappa shape index (κ3) is 2.77. The van der Waals surface area contributed by atoms with Gasteiger partial charge in [0.15, 0.2) is 5.82 Å². The predicted molar refractivity (Wildman–Crippen MR) is 82.5 cm³/mol. The molecule has 0 radical (unpaired) electrons. The zero-order valence-electron chi connectivity index (χ0n) is 14.0. The van der Waals surface area contributed by atoms with Crippen LogP contribution in [0.2, 0.25) is 0 Å². The first-order valence-electron chi connectivity index (χ1n) is 8.81. The van der Waals surface area contributed by atoms with Crippen molar-refractivity contribution in [2.75, 3.05) is 13.1 Å². The van der Waals surface area contributed by atoms with E-state index in [1.807, 2.05) is 6.92 Å². The van der Waals surface area contributed by atoms with Crippen LogP contribution in [0.4, 0.5) is 0 Å². The van der Waals surface area contributed by atoms with Gasteiger partial charge in [0.05, 0.1) is 5.60 Å². The molecule has 0 bridgehead atoms. The van der Waals surface area contributed by atoms with E-state index in [1.54, 1.807) is 0 Å². The van der Waals surface area contributed by atoms with Crippen LogP contribution in [0.5, 0.6) is 0 Å². The smallest absolute Gasteiger partial charge is 0.255 e. The number of amides is 1. The van der Waals surface area contributed by atoms with E-state index in [0.29, 0.717) is 17.6 Å². The van der Waals surface area contributed by atoms with E-state index in [9.17, 15) is 4.79 Å². The lowest BCUT2D eigenvalue weighted by Crippen LogP contribution is -2.49. The third-order valence-electron chi connectivity index (χ3n) is 5.78. The molecule has 1 amide bonds. The zero-order chi connectivity index (χ0) is 16.0. The van der Waals surface area contributed by atoms with Crippen LogP contribution in [0.1, 0.15) is 63.3 Å². The summed E-state index contributed by atoms with van der Waals surface area (Å²) < 4.78 is 11.6. The van der Waals surface area contributed by atoms with E-state index >= 15 is 0 Å². The first kappa shape index (κ1) is 15.1. The summed E-state index contributed by atoms with van der Waals surface area (Å²) >= 11 is 0. The minimum atomic E-state index is -0.100. The van der Waals surface area contributed by atoms with Gasteiger partial charge in [0.1, 0.15) is 6.10 Å². The number of piperidine rings is 1. The molecule has 1 atom stereocenters. The van der Waals surface area contributed by atoms with E-state index < -0.39 is 0 Å². The van der Waals surface area contributed by atoms with E-state index in [-0.39, 0.29) is 17.6 Å². The van der Waals surface area contributed by atoms with Crippen LogP contribution in [0.3, 0.4) is 0 Å². The lowest BCUT2D eigenvalue weighted by molar-refractivity contribution is -0.146. The van der Waals surface area contributed by atoms with Gasteiger partial charge in [-0.15, -0.1) is 0 Å². The Labute approximate surface area is 136 Å². The molecule has 4 rings (SSSR count). The molecule has 1 spiro atoms. The van der Waals surface area contributed by atoms with E-state index in [2.05, 4.69) is 22.0 Å². The quantitative estimate of drug-likeness (QED) is 0.838. The molecule has 126 valence electrons. The summed E-state index contributed by atoms with van der Waals surface area (Å²) in [6, 6.07) is 0. The molecule has 6 nitrogen and oxygen atoms in total. The standard InChI is InChI=1S/C17H25N3O3/c1-11-9-13(10-11)16(21)20-7-5-17(6-8-20)4-3-14(22-17)15-18-12(2)19-23-15/h11,13-14H,3-10H2,1-2H3/t11?,13?,14-/m1/s1. The molecule has 1 aromatic heterocycles. The number of carbonyl (C=O) groups excluding carboxylic acids is 1. The van der Waals surface area contributed by atoms with Gasteiger partial charge >= 0.3 is 0 Å². The molecule has 23 heavy (non-hydrogen) atoms. The van der Waals surface area contributed by atoms with Crippen LogP contribution < -0.4 is 0 Å². The van der Waals surface area contributed by atoms with Crippen LogP contribution in [0.25, 0.3) is 0 Å². The molecule has 0 aromatic carbocycles. The van der Waals surface area contributed by atoms with Crippen molar-refractivity contribution in [1.82, 2.24) is 15.0 Å². The maximum atomic E-state index is 12.5. The zero-order valence-corrected chi connectivity index (χ0v) is 14.0. The number of carbonyl (C=O) groups is 1. The van der Waals surface area contributed by atoms with Gasteiger partial charge in [-0.2, -0.15) is 4.98 Å². The van der Waals surface area contributed by atoms with Crippen molar-refractivity contribution in [3.63, 3.8) is 0 Å². The fraction of sp³-hybridized carbons (Fsp3) is 0.824. The monoisotopic (exact) mass is 319 g/mol. The highest BCUT2D eigenvalue weighted by atomic mass is 16.5. The molecule has 2 aliphatic heterocycles. The highest BCUT2D eigenvalue weighted by Crippen LogP contribution is 2.45. The molecule has 1 aliphatic carbocycles. The van der Waals surface area contributed by atoms with Gasteiger partial charge in [-0.1, -0.05) is 12.1 Å². The first-order chi connectivity index (χ1) is 11.0. The van der Waals surface area contributed by atoms with E-state index in [4.69, 9.17) is 9.26 Å². The summed E-state index contributed by atoms with van der Waals surface area (Å²) in [6.45, 7) is 5.68. The molecular formula is C17H25N3O3. The fourth-order valence-electron chi connectivity index (χ4n) is 4.30. The van der Waals surface area contributed by atoms with Gasteiger partial charge < -0.3 is 14.2 Å². The summed E-state index contributed by atoms with van der Waals surface area (Å²) in [7, 11) is 0. The lowest BCUT2D eigenvalue weighted by Gasteiger charge is -2.42. The summed E-state index contributed by atoms with van der Waals surface area (Å²) in [4.78, 5) is 18.8. The Morgan fingerprint density at radius 2 is 2.00 bits per heavy atom. The Balaban J connectivity index is 1.33. The van der Waals surface area contributed by atoms with Crippen molar-refractivity contribution >= 4 is 5.91 Å². The number of ether oxygens (including phenoxy) is 1. The highest BCUT2D eigenvalue weighted by molar-refractivity contribution is 5.79. The molecule has 0 unspecified atom stereocenters. The second kappa shape index (κ2) is 5.58. The summed E-state index contributed by atoms with van der Waals surface area (Å²) in [6.07, 6.45) is 5.84. The van der Waals surface area contributed by atoms with Crippen molar-refractivity contribution in [3.8, 4) is 0 Å². The number of hydrogen-bond donors (Lipinski definition) is 0. The van der Waals surface area contributed by atoms with Crippen molar-refractivity contribution in [2.45, 2.75) is 64.1 Å². The van der Waals surface area contributed by atoms with Crippen molar-refractivity contribution < 1.29 is 14.1 Å². The number of hydrogen-bond acceptors (Lipinski definition) is 5. The van der Waals surface area contributed by atoms with Crippen molar-refractivity contribution in [2.24, 2.45) is 11.8 Å². The fourth-order valence-corrected chi connectivity index (χ4v) is 4.30. The molecule has 2 saturated heterocycles. The number of aromatic nitrogens is 2. The Morgan fingerprint density at radius 1 is 1.26 bits per heavy atom. The van der Waals surface area contributed by atoms with E-state index in [1.165, 1.54) is 0 Å². The predicted octanol–water partition coefficient (Wildman–Crippen LogP) is 2.64. The van der Waals surface area contributed by atoms with Gasteiger partial charge in [-0.05, 0) is 51.4 Å². The average molecular weight is 319 g/mol. The Morgan fingerprint density at radius 3 is 2.61 bits per heavy atom. The van der Waals surface area contributed by atoms with Gasteiger partial charge in [0.25, 0.3) is 5.89 Å². The molecule has 1 saturated carbocycles. The first-order valence-corrected chi connectivity index (χ1v) is 8.81. The molecule has 0 N–H and O–H groups in total. The van der Waals surface area contributed by atoms with Gasteiger partial charge in [0.2, 0.25) is 5.91 Å². The Kier molecular flexibility index (Phi) is 3.67. The third-order valence-corrected chi connectivity index (χ3v) is 5.78. The average Bonchev–Trinajstić information content (AvgIpc) is 3.11. The summed E-state index contributed by atoms with van der Waals surface area (Å²) in [5.41, 5.74) is -0.100. The molecule has 6 heteroatoms. The minimum Gasteiger partial charge on any atom is -0.362 e. The minimum absolute atomic E-state index is 0.0778. The number of aryl methyl sites for hydroxylation is 1. The van der Waals surface area contributed by atoms with Crippen LogP contribution in [0, 0.1) is 18.8 Å². The largest absolute Gasteiger partial charge is 0.362 e. The van der Waals surface area contributed by atoms with Gasteiger partial charge in [0, 0.05) is 19.0 Å². The molecule has 1 aromatic rings. The number of rotatable bonds is 2. The second-order valence-electron chi connectivity index (χ2n) is 7.61. The summed E-state index contributed by atoms with van der Waals surface area (Å²) in [5.74, 6) is 2.61. The van der Waals surface area contributed by atoms with Crippen LogP contribution in [-0.4, -0.2) is 39.6 Å². The Hall–Kier alpha value is -1.43. The SMILES string of the molecule is Cc1noc([C@H]2CCC3(CCN(C(=O)C4CC(C)C4)CC3)O2)n1. The molecule has 3 fully saturated rings. The van der Waals surface area contributed by atoms with Crippen molar-refractivity contribution in [3.05, 3.63) is 11.7 Å². The topological polar surface area (TPSA) is 68.5 Å². The van der Waals surface area contributed by atoms with E-state index in [0.717, 1.165) is 57.5 Å². The molecular weight excluding hydrogens is 294 g/mol. The Bertz CT molecular complexity index is 586. The second-order valence-corrected chi connectivity index (χ2v) is 7.61. The van der Waals surface area contributed by atoms with Crippen LogP contribution in [0.15, 0.2) is 4.52 Å². The maximum Gasteiger partial charge on any atom is 0.255 e. The highest BCUT2D eigenvalue weighted by Gasteiger charge is 2.46. The molecule has 3 heterocycles. The lowest BCUT2D eigenvalue weighted by atomic mass is 9.75. The van der Waals surface area contributed by atoms with Gasteiger partial charge in [-0.25, -0.2) is 0 Å². The van der Waals surface area contributed by atoms with Crippen LogP contribution >= 0.6 is 0 Å². The van der Waals surface area contributed by atoms with Gasteiger partial charge in [-0.3, -0.25) is 4.79 Å². The molecule has 3 aliphatic rings. The number of nitrogens with zero attached hydrogens (tertiary/aromatic N) is 3. The maximum absolute atomic E-state index is 12.5.